The van der Waals surface area contributed by atoms with Crippen LogP contribution >= 0.6 is 0 Å². The van der Waals surface area contributed by atoms with Gasteiger partial charge in [0, 0.05) is 23.2 Å². The van der Waals surface area contributed by atoms with E-state index in [-0.39, 0.29) is 11.6 Å². The van der Waals surface area contributed by atoms with Crippen molar-refractivity contribution in [1.29, 1.82) is 5.26 Å². The maximum atomic E-state index is 13.7. The van der Waals surface area contributed by atoms with E-state index >= 15 is 0 Å². The number of halogens is 2. The van der Waals surface area contributed by atoms with E-state index in [2.05, 4.69) is 11.4 Å². The van der Waals surface area contributed by atoms with Gasteiger partial charge in [-0.05, 0) is 71.6 Å². The van der Waals surface area contributed by atoms with Gasteiger partial charge in [0.15, 0.2) is 0 Å². The summed E-state index contributed by atoms with van der Waals surface area (Å²) in [6.07, 6.45) is 0.769. The minimum atomic E-state index is -0.720. The lowest BCUT2D eigenvalue weighted by molar-refractivity contribution is 0.561. The highest BCUT2D eigenvalue weighted by atomic mass is 19.1. The van der Waals surface area contributed by atoms with Crippen molar-refractivity contribution in [3.05, 3.63) is 131 Å². The van der Waals surface area contributed by atoms with Gasteiger partial charge in [0.1, 0.15) is 11.6 Å². The second kappa shape index (κ2) is 9.45. The molecular weight excluding hydrogens is 402 g/mol. The van der Waals surface area contributed by atoms with Crippen LogP contribution in [0.4, 0.5) is 20.2 Å². The van der Waals surface area contributed by atoms with E-state index in [1.807, 2.05) is 54.6 Å². The zero-order chi connectivity index (χ0) is 22.4. The minimum absolute atomic E-state index is 0.290. The quantitative estimate of drug-likeness (QED) is 0.315. The Balaban J connectivity index is 1.83. The molecule has 0 saturated heterocycles. The SMILES string of the molecule is N#CCCC(c1ccc(F)cc1)(c1ccc(F)cc1)c1ccc(Nc2ccccc2)cc1. The van der Waals surface area contributed by atoms with Crippen molar-refractivity contribution < 1.29 is 8.78 Å². The molecule has 0 bridgehead atoms. The van der Waals surface area contributed by atoms with Crippen LogP contribution in [0.5, 0.6) is 0 Å². The molecule has 0 aliphatic carbocycles. The molecule has 0 saturated carbocycles. The van der Waals surface area contributed by atoms with E-state index in [0.717, 1.165) is 28.1 Å². The van der Waals surface area contributed by atoms with E-state index < -0.39 is 5.41 Å². The average molecular weight is 424 g/mol. The molecule has 0 radical (unpaired) electrons. The molecule has 0 amide bonds. The predicted octanol–water partition coefficient (Wildman–Crippen LogP) is 7.35. The molecule has 4 heteroatoms. The number of nitrogens with zero attached hydrogens (tertiary/aromatic N) is 1. The topological polar surface area (TPSA) is 35.8 Å². The highest BCUT2D eigenvalue weighted by Gasteiger charge is 2.36. The molecule has 4 aromatic carbocycles. The Morgan fingerprint density at radius 1 is 0.625 bits per heavy atom. The lowest BCUT2D eigenvalue weighted by Crippen LogP contribution is -2.29. The molecular formula is C28H22F2N2. The highest BCUT2D eigenvalue weighted by Crippen LogP contribution is 2.43. The van der Waals surface area contributed by atoms with Gasteiger partial charge in [-0.25, -0.2) is 8.78 Å². The molecule has 1 N–H and O–H groups in total. The normalized spacial score (nSPS) is 11.0. The van der Waals surface area contributed by atoms with E-state index in [4.69, 9.17) is 0 Å². The maximum absolute atomic E-state index is 13.7. The summed E-state index contributed by atoms with van der Waals surface area (Å²) in [6, 6.07) is 32.7. The van der Waals surface area contributed by atoms with Crippen molar-refractivity contribution in [2.24, 2.45) is 0 Å². The number of para-hydroxylation sites is 1. The molecule has 0 fully saturated rings. The number of hydrogen-bond acceptors (Lipinski definition) is 2. The van der Waals surface area contributed by atoms with Crippen LogP contribution in [0, 0.1) is 23.0 Å². The first-order valence-electron chi connectivity index (χ1n) is 10.4. The summed E-state index contributed by atoms with van der Waals surface area (Å²) in [5.74, 6) is -0.658. The molecule has 32 heavy (non-hydrogen) atoms. The summed E-state index contributed by atoms with van der Waals surface area (Å²) in [5.41, 5.74) is 3.83. The number of nitrogens with one attached hydrogen (secondary N) is 1. The molecule has 0 heterocycles. The van der Waals surface area contributed by atoms with Crippen LogP contribution in [0.1, 0.15) is 29.5 Å². The number of benzene rings is 4. The lowest BCUT2D eigenvalue weighted by Gasteiger charge is -2.36. The van der Waals surface area contributed by atoms with Gasteiger partial charge in [0.2, 0.25) is 0 Å². The van der Waals surface area contributed by atoms with Crippen LogP contribution < -0.4 is 5.32 Å². The Labute approximate surface area is 186 Å². The first kappa shape index (κ1) is 21.3. The smallest absolute Gasteiger partial charge is 0.123 e. The average Bonchev–Trinajstić information content (AvgIpc) is 2.83. The monoisotopic (exact) mass is 424 g/mol. The summed E-state index contributed by atoms with van der Waals surface area (Å²) >= 11 is 0. The molecule has 0 unspecified atom stereocenters. The summed E-state index contributed by atoms with van der Waals surface area (Å²) in [6.45, 7) is 0. The number of anilines is 2. The Hall–Kier alpha value is -3.97. The highest BCUT2D eigenvalue weighted by molar-refractivity contribution is 5.61. The molecule has 158 valence electrons. The fraction of sp³-hybridized carbons (Fsp3) is 0.107. The van der Waals surface area contributed by atoms with Crippen LogP contribution in [0.3, 0.4) is 0 Å². The number of hydrogen-bond donors (Lipinski definition) is 1. The third-order valence-electron chi connectivity index (χ3n) is 5.73. The Kier molecular flexibility index (Phi) is 6.28. The zero-order valence-electron chi connectivity index (χ0n) is 17.4. The van der Waals surface area contributed by atoms with Gasteiger partial charge in [0.25, 0.3) is 0 Å². The fourth-order valence-electron chi connectivity index (χ4n) is 4.17. The second-order valence-corrected chi connectivity index (χ2v) is 7.65. The lowest BCUT2D eigenvalue weighted by atomic mass is 9.67. The van der Waals surface area contributed by atoms with Crippen molar-refractivity contribution in [3.8, 4) is 6.07 Å². The van der Waals surface area contributed by atoms with E-state index in [1.165, 1.54) is 24.3 Å². The third kappa shape index (κ3) is 4.38. The van der Waals surface area contributed by atoms with Gasteiger partial charge in [-0.15, -0.1) is 0 Å². The molecule has 4 rings (SSSR count). The van der Waals surface area contributed by atoms with Gasteiger partial charge in [-0.1, -0.05) is 54.6 Å². The number of rotatable bonds is 7. The van der Waals surface area contributed by atoms with Crippen LogP contribution in [-0.2, 0) is 5.41 Å². The van der Waals surface area contributed by atoms with E-state index in [0.29, 0.717) is 12.8 Å². The fourth-order valence-corrected chi connectivity index (χ4v) is 4.17. The Morgan fingerprint density at radius 3 is 1.53 bits per heavy atom. The minimum Gasteiger partial charge on any atom is -0.356 e. The van der Waals surface area contributed by atoms with Crippen molar-refractivity contribution in [2.45, 2.75) is 18.3 Å². The predicted molar refractivity (Wildman–Crippen MR) is 124 cm³/mol. The van der Waals surface area contributed by atoms with Gasteiger partial charge >= 0.3 is 0 Å². The molecule has 0 spiro atoms. The molecule has 4 aromatic rings. The molecule has 0 aliphatic heterocycles. The van der Waals surface area contributed by atoms with Crippen molar-refractivity contribution >= 4 is 11.4 Å². The van der Waals surface area contributed by atoms with Gasteiger partial charge in [0.05, 0.1) is 6.07 Å². The molecule has 0 atom stereocenters. The van der Waals surface area contributed by atoms with E-state index in [9.17, 15) is 14.0 Å². The van der Waals surface area contributed by atoms with Gasteiger partial charge in [-0.2, -0.15) is 5.26 Å². The van der Waals surface area contributed by atoms with Crippen LogP contribution in [0.25, 0.3) is 0 Å². The van der Waals surface area contributed by atoms with Crippen LogP contribution in [0.2, 0.25) is 0 Å². The first-order valence-corrected chi connectivity index (χ1v) is 10.4. The van der Waals surface area contributed by atoms with Gasteiger partial charge < -0.3 is 5.32 Å². The van der Waals surface area contributed by atoms with Gasteiger partial charge in [-0.3, -0.25) is 0 Å². The first-order chi connectivity index (χ1) is 15.6. The van der Waals surface area contributed by atoms with Crippen LogP contribution in [0.15, 0.2) is 103 Å². The van der Waals surface area contributed by atoms with Crippen molar-refractivity contribution in [2.75, 3.05) is 5.32 Å². The summed E-state index contributed by atoms with van der Waals surface area (Å²) < 4.78 is 27.5. The molecule has 0 aliphatic rings. The maximum Gasteiger partial charge on any atom is 0.123 e. The Bertz CT molecular complexity index is 1150. The second-order valence-electron chi connectivity index (χ2n) is 7.65. The molecule has 2 nitrogen and oxygen atoms in total. The van der Waals surface area contributed by atoms with E-state index in [1.54, 1.807) is 24.3 Å². The summed E-state index contributed by atoms with van der Waals surface area (Å²) in [5, 5.41) is 12.8. The van der Waals surface area contributed by atoms with Crippen molar-refractivity contribution in [3.63, 3.8) is 0 Å². The number of nitriles is 1. The van der Waals surface area contributed by atoms with Crippen molar-refractivity contribution in [1.82, 2.24) is 0 Å². The summed E-state index contributed by atoms with van der Waals surface area (Å²) in [4.78, 5) is 0. The Morgan fingerprint density at radius 2 is 1.06 bits per heavy atom. The standard InChI is InChI=1S/C28H22F2N2/c29-24-13-7-21(8-14-24)28(19-4-20-31,22-9-15-25(30)16-10-22)23-11-17-27(18-12-23)32-26-5-2-1-3-6-26/h1-3,5-18,32H,4,19H2. The largest absolute Gasteiger partial charge is 0.356 e. The molecule has 0 aromatic heterocycles. The van der Waals surface area contributed by atoms with Crippen LogP contribution in [-0.4, -0.2) is 0 Å². The summed E-state index contributed by atoms with van der Waals surface area (Å²) in [7, 11) is 0. The third-order valence-corrected chi connectivity index (χ3v) is 5.73. The zero-order valence-corrected chi connectivity index (χ0v) is 17.4.